The summed E-state index contributed by atoms with van der Waals surface area (Å²) < 4.78 is 1.79. The lowest BCUT2D eigenvalue weighted by molar-refractivity contribution is -0.120. The average molecular weight is 345 g/mol. The quantitative estimate of drug-likeness (QED) is 0.584. The largest absolute Gasteiger partial charge is 0.352 e. The highest BCUT2D eigenvalue weighted by Gasteiger charge is 2.06. The van der Waals surface area contributed by atoms with E-state index in [0.717, 1.165) is 33.7 Å². The molecule has 1 amide bonds. The molecule has 6 nitrogen and oxygen atoms in total. The molecule has 0 aliphatic carbocycles. The van der Waals surface area contributed by atoms with Crippen molar-refractivity contribution in [1.29, 1.82) is 0 Å². The van der Waals surface area contributed by atoms with Gasteiger partial charge in [-0.1, -0.05) is 18.2 Å². The molecule has 4 rings (SSSR count). The molecule has 0 spiro atoms. The maximum Gasteiger partial charge on any atom is 0.224 e. The molecule has 0 atom stereocenters. The van der Waals surface area contributed by atoms with Gasteiger partial charge in [-0.3, -0.25) is 4.79 Å². The Balaban J connectivity index is 1.35. The highest BCUT2D eigenvalue weighted by Crippen LogP contribution is 2.14. The smallest absolute Gasteiger partial charge is 0.224 e. The normalized spacial score (nSPS) is 11.0. The maximum absolute atomic E-state index is 12.2. The van der Waals surface area contributed by atoms with Crippen LogP contribution in [0.2, 0.25) is 0 Å². The maximum atomic E-state index is 12.2. The third kappa shape index (κ3) is 3.49. The fourth-order valence-corrected chi connectivity index (χ4v) is 2.93. The van der Waals surface area contributed by atoms with Crippen LogP contribution in [0, 0.1) is 6.92 Å². The second-order valence-corrected chi connectivity index (χ2v) is 6.24. The van der Waals surface area contributed by atoms with E-state index >= 15 is 0 Å². The third-order valence-electron chi connectivity index (χ3n) is 4.22. The molecule has 0 radical (unpaired) electrons. The van der Waals surface area contributed by atoms with Gasteiger partial charge in [-0.25, -0.2) is 9.67 Å². The van der Waals surface area contributed by atoms with Crippen LogP contribution < -0.4 is 5.32 Å². The van der Waals surface area contributed by atoms with Crippen molar-refractivity contribution in [2.45, 2.75) is 19.9 Å². The fourth-order valence-electron chi connectivity index (χ4n) is 2.93. The predicted molar refractivity (Wildman–Crippen MR) is 99.9 cm³/mol. The second-order valence-electron chi connectivity index (χ2n) is 6.24. The summed E-state index contributed by atoms with van der Waals surface area (Å²) in [5.41, 5.74) is 4.92. The minimum Gasteiger partial charge on any atom is -0.352 e. The molecule has 2 aromatic heterocycles. The Morgan fingerprint density at radius 1 is 1.15 bits per heavy atom. The number of imidazole rings is 1. The van der Waals surface area contributed by atoms with E-state index in [9.17, 15) is 4.79 Å². The summed E-state index contributed by atoms with van der Waals surface area (Å²) in [6.07, 6.45) is 3.98. The number of hydrogen-bond acceptors (Lipinski definition) is 3. The lowest BCUT2D eigenvalue weighted by atomic mass is 10.1. The fraction of sp³-hybridized carbons (Fsp3) is 0.150. The number of rotatable bonds is 5. The SMILES string of the molecule is Cc1nc2ccc(CNC(=O)Cc3ccc(-n4cccn4)cc3)cc2[nH]1. The number of amides is 1. The van der Waals surface area contributed by atoms with Gasteiger partial charge in [-0.05, 0) is 48.4 Å². The van der Waals surface area contributed by atoms with Crippen LogP contribution in [0.3, 0.4) is 0 Å². The van der Waals surface area contributed by atoms with Crippen molar-refractivity contribution in [2.24, 2.45) is 0 Å². The number of aromatic amines is 1. The molecule has 2 aromatic carbocycles. The van der Waals surface area contributed by atoms with E-state index in [1.54, 1.807) is 10.9 Å². The number of nitrogens with one attached hydrogen (secondary N) is 2. The molecule has 0 saturated heterocycles. The number of hydrogen-bond donors (Lipinski definition) is 2. The number of aryl methyl sites for hydroxylation is 1. The standard InChI is InChI=1S/C20H19N5O/c1-14-23-18-8-5-16(11-19(18)24-14)13-21-20(26)12-15-3-6-17(7-4-15)25-10-2-9-22-25/h2-11H,12-13H2,1H3,(H,21,26)(H,23,24). The van der Waals surface area contributed by atoms with Crippen LogP contribution in [-0.4, -0.2) is 25.7 Å². The van der Waals surface area contributed by atoms with Crippen molar-refractivity contribution in [3.05, 3.63) is 77.9 Å². The van der Waals surface area contributed by atoms with Gasteiger partial charge in [0.2, 0.25) is 5.91 Å². The Labute approximate surface area is 150 Å². The van der Waals surface area contributed by atoms with Crippen molar-refractivity contribution in [3.8, 4) is 5.69 Å². The summed E-state index contributed by atoms with van der Waals surface area (Å²) in [6.45, 7) is 2.43. The minimum absolute atomic E-state index is 0.00210. The number of nitrogens with zero attached hydrogens (tertiary/aromatic N) is 3. The van der Waals surface area contributed by atoms with Crippen LogP contribution in [0.15, 0.2) is 60.9 Å². The lowest BCUT2D eigenvalue weighted by Gasteiger charge is -2.07. The molecule has 4 aromatic rings. The molecule has 130 valence electrons. The van der Waals surface area contributed by atoms with Crippen molar-refractivity contribution in [3.63, 3.8) is 0 Å². The molecule has 2 heterocycles. The molecule has 0 fully saturated rings. The van der Waals surface area contributed by atoms with Gasteiger partial charge in [0.1, 0.15) is 5.82 Å². The van der Waals surface area contributed by atoms with Gasteiger partial charge in [0.15, 0.2) is 0 Å². The molecule has 0 aliphatic rings. The van der Waals surface area contributed by atoms with E-state index < -0.39 is 0 Å². The zero-order chi connectivity index (χ0) is 17.9. The summed E-state index contributed by atoms with van der Waals surface area (Å²) in [7, 11) is 0. The first kappa shape index (κ1) is 16.1. The summed E-state index contributed by atoms with van der Waals surface area (Å²) in [5.74, 6) is 0.887. The van der Waals surface area contributed by atoms with Crippen molar-refractivity contribution < 1.29 is 4.79 Å². The predicted octanol–water partition coefficient (Wildman–Crippen LogP) is 2.92. The third-order valence-corrected chi connectivity index (χ3v) is 4.22. The van der Waals surface area contributed by atoms with E-state index in [-0.39, 0.29) is 5.91 Å². The Kier molecular flexibility index (Phi) is 4.23. The van der Waals surface area contributed by atoms with Gasteiger partial charge in [0.25, 0.3) is 0 Å². The van der Waals surface area contributed by atoms with Gasteiger partial charge in [0, 0.05) is 18.9 Å². The Hall–Kier alpha value is -3.41. The molecule has 0 aliphatic heterocycles. The highest BCUT2D eigenvalue weighted by molar-refractivity contribution is 5.79. The monoisotopic (exact) mass is 345 g/mol. The van der Waals surface area contributed by atoms with E-state index in [4.69, 9.17) is 0 Å². The molecule has 2 N–H and O–H groups in total. The molecule has 26 heavy (non-hydrogen) atoms. The molecule has 0 saturated carbocycles. The second kappa shape index (κ2) is 6.84. The first-order valence-electron chi connectivity index (χ1n) is 8.48. The van der Waals surface area contributed by atoms with Crippen LogP contribution in [0.1, 0.15) is 17.0 Å². The van der Waals surface area contributed by atoms with Gasteiger partial charge < -0.3 is 10.3 Å². The number of aromatic nitrogens is 4. The zero-order valence-electron chi connectivity index (χ0n) is 14.4. The van der Waals surface area contributed by atoms with Gasteiger partial charge in [-0.15, -0.1) is 0 Å². The molecule has 0 bridgehead atoms. The van der Waals surface area contributed by atoms with Crippen LogP contribution in [-0.2, 0) is 17.8 Å². The Morgan fingerprint density at radius 2 is 1.96 bits per heavy atom. The topological polar surface area (TPSA) is 75.6 Å². The van der Waals surface area contributed by atoms with Crippen LogP contribution in [0.4, 0.5) is 0 Å². The van der Waals surface area contributed by atoms with Crippen molar-refractivity contribution >= 4 is 16.9 Å². The number of fused-ring (bicyclic) bond motifs is 1. The zero-order valence-corrected chi connectivity index (χ0v) is 14.4. The van der Waals surface area contributed by atoms with E-state index in [0.29, 0.717) is 13.0 Å². The summed E-state index contributed by atoms with van der Waals surface area (Å²) in [5, 5.41) is 7.16. The van der Waals surface area contributed by atoms with Crippen LogP contribution >= 0.6 is 0 Å². The first-order chi connectivity index (χ1) is 12.7. The number of carbonyl (C=O) groups is 1. The number of H-pyrrole nitrogens is 1. The summed E-state index contributed by atoms with van der Waals surface area (Å²) >= 11 is 0. The van der Waals surface area contributed by atoms with Gasteiger partial charge >= 0.3 is 0 Å². The number of benzene rings is 2. The van der Waals surface area contributed by atoms with Crippen LogP contribution in [0.25, 0.3) is 16.7 Å². The summed E-state index contributed by atoms with van der Waals surface area (Å²) in [4.78, 5) is 19.8. The van der Waals surface area contributed by atoms with E-state index in [2.05, 4.69) is 20.4 Å². The Morgan fingerprint density at radius 3 is 2.73 bits per heavy atom. The molecular weight excluding hydrogens is 326 g/mol. The first-order valence-corrected chi connectivity index (χ1v) is 8.48. The van der Waals surface area contributed by atoms with Gasteiger partial charge in [-0.2, -0.15) is 5.10 Å². The van der Waals surface area contributed by atoms with Gasteiger partial charge in [0.05, 0.1) is 23.1 Å². The average Bonchev–Trinajstić information content (AvgIpc) is 3.29. The Bertz CT molecular complexity index is 1030. The minimum atomic E-state index is -0.00210. The molecule has 0 unspecified atom stereocenters. The van der Waals surface area contributed by atoms with Crippen molar-refractivity contribution in [1.82, 2.24) is 25.1 Å². The van der Waals surface area contributed by atoms with Crippen LogP contribution in [0.5, 0.6) is 0 Å². The lowest BCUT2D eigenvalue weighted by Crippen LogP contribution is -2.24. The molecular formula is C20H19N5O. The summed E-state index contributed by atoms with van der Waals surface area (Å²) in [6, 6.07) is 15.7. The molecule has 6 heteroatoms. The number of carbonyl (C=O) groups excluding carboxylic acids is 1. The van der Waals surface area contributed by atoms with E-state index in [1.165, 1.54) is 0 Å². The highest BCUT2D eigenvalue weighted by atomic mass is 16.1. The van der Waals surface area contributed by atoms with E-state index in [1.807, 2.05) is 61.7 Å². The van der Waals surface area contributed by atoms with Crippen molar-refractivity contribution in [2.75, 3.05) is 0 Å².